The molecule has 0 saturated carbocycles. The second kappa shape index (κ2) is 10.9. The summed E-state index contributed by atoms with van der Waals surface area (Å²) in [5.74, 6) is 3.57. The second-order valence-corrected chi connectivity index (χ2v) is 6.56. The lowest BCUT2D eigenvalue weighted by molar-refractivity contribution is -0.116. The summed E-state index contributed by atoms with van der Waals surface area (Å²) < 4.78 is 15.9. The summed E-state index contributed by atoms with van der Waals surface area (Å²) >= 11 is 0. The van der Waals surface area contributed by atoms with Crippen LogP contribution in [0.1, 0.15) is 11.4 Å². The molecule has 162 valence electrons. The van der Waals surface area contributed by atoms with E-state index in [0.29, 0.717) is 42.0 Å². The van der Waals surface area contributed by atoms with Crippen LogP contribution in [0.15, 0.2) is 24.3 Å². The van der Waals surface area contributed by atoms with Crippen molar-refractivity contribution in [1.82, 2.24) is 15.3 Å². The molecule has 2 aromatic rings. The van der Waals surface area contributed by atoms with Crippen LogP contribution in [-0.2, 0) is 4.79 Å². The molecule has 0 aliphatic carbocycles. The van der Waals surface area contributed by atoms with Crippen molar-refractivity contribution in [3.05, 3.63) is 35.7 Å². The molecule has 2 N–H and O–H groups in total. The Labute approximate surface area is 177 Å². The summed E-state index contributed by atoms with van der Waals surface area (Å²) in [5.41, 5.74) is 0.755. The Hall–Kier alpha value is -3.49. The first-order valence-corrected chi connectivity index (χ1v) is 9.40. The van der Waals surface area contributed by atoms with Gasteiger partial charge >= 0.3 is 0 Å². The van der Waals surface area contributed by atoms with Gasteiger partial charge in [-0.05, 0) is 30.7 Å². The molecule has 30 heavy (non-hydrogen) atoms. The van der Waals surface area contributed by atoms with Crippen molar-refractivity contribution < 1.29 is 19.0 Å². The fourth-order valence-corrected chi connectivity index (χ4v) is 2.68. The van der Waals surface area contributed by atoms with Crippen molar-refractivity contribution >= 4 is 23.6 Å². The number of aryl methyl sites for hydroxylation is 1. The number of carbonyl (C=O) groups is 1. The SMILES string of the molecule is COc1cc(/C=C/C(=O)NCCNc2cc(N(C)C)nc(C)n2)cc(OC)c1OC. The largest absolute Gasteiger partial charge is 0.493 e. The molecular formula is C21H29N5O4. The van der Waals surface area contributed by atoms with Gasteiger partial charge in [-0.15, -0.1) is 0 Å². The van der Waals surface area contributed by atoms with Gasteiger partial charge in [0.05, 0.1) is 21.3 Å². The van der Waals surface area contributed by atoms with E-state index >= 15 is 0 Å². The zero-order valence-electron chi connectivity index (χ0n) is 18.3. The van der Waals surface area contributed by atoms with Gasteiger partial charge in [-0.2, -0.15) is 0 Å². The summed E-state index contributed by atoms with van der Waals surface area (Å²) in [5, 5.41) is 6.01. The third kappa shape index (κ3) is 6.26. The minimum atomic E-state index is -0.210. The zero-order chi connectivity index (χ0) is 22.1. The number of nitrogens with zero attached hydrogens (tertiary/aromatic N) is 3. The molecule has 1 amide bonds. The number of benzene rings is 1. The molecule has 0 spiro atoms. The molecule has 9 nitrogen and oxygen atoms in total. The average Bonchev–Trinajstić information content (AvgIpc) is 2.73. The number of ether oxygens (including phenoxy) is 3. The van der Waals surface area contributed by atoms with E-state index in [0.717, 1.165) is 11.4 Å². The Morgan fingerprint density at radius 1 is 1.03 bits per heavy atom. The van der Waals surface area contributed by atoms with Crippen molar-refractivity contribution in [3.63, 3.8) is 0 Å². The second-order valence-electron chi connectivity index (χ2n) is 6.56. The van der Waals surface area contributed by atoms with E-state index in [1.165, 1.54) is 6.08 Å². The maximum atomic E-state index is 12.1. The average molecular weight is 415 g/mol. The van der Waals surface area contributed by atoms with E-state index in [4.69, 9.17) is 14.2 Å². The zero-order valence-corrected chi connectivity index (χ0v) is 18.3. The maximum Gasteiger partial charge on any atom is 0.244 e. The third-order valence-electron chi connectivity index (χ3n) is 4.13. The van der Waals surface area contributed by atoms with E-state index in [1.807, 2.05) is 32.0 Å². The quantitative estimate of drug-likeness (QED) is 0.450. The molecule has 1 heterocycles. The molecule has 0 aliphatic heterocycles. The maximum absolute atomic E-state index is 12.1. The van der Waals surface area contributed by atoms with Gasteiger partial charge in [0.15, 0.2) is 11.5 Å². The van der Waals surface area contributed by atoms with Crippen LogP contribution in [0, 0.1) is 6.92 Å². The highest BCUT2D eigenvalue weighted by Crippen LogP contribution is 2.38. The molecule has 1 aromatic heterocycles. The van der Waals surface area contributed by atoms with Gasteiger partial charge < -0.3 is 29.7 Å². The number of hydrogen-bond donors (Lipinski definition) is 2. The highest BCUT2D eigenvalue weighted by molar-refractivity contribution is 5.91. The number of methoxy groups -OCH3 is 3. The Kier molecular flexibility index (Phi) is 8.28. The minimum Gasteiger partial charge on any atom is -0.493 e. The molecule has 1 aromatic carbocycles. The lowest BCUT2D eigenvalue weighted by Gasteiger charge is -2.14. The van der Waals surface area contributed by atoms with Crippen molar-refractivity contribution in [1.29, 1.82) is 0 Å². The Morgan fingerprint density at radius 2 is 1.70 bits per heavy atom. The smallest absolute Gasteiger partial charge is 0.244 e. The van der Waals surface area contributed by atoms with Crippen molar-refractivity contribution in [3.8, 4) is 17.2 Å². The van der Waals surface area contributed by atoms with Gasteiger partial charge in [0.2, 0.25) is 11.7 Å². The lowest BCUT2D eigenvalue weighted by atomic mass is 10.1. The monoisotopic (exact) mass is 415 g/mol. The predicted molar refractivity (Wildman–Crippen MR) is 118 cm³/mol. The van der Waals surface area contributed by atoms with E-state index in [-0.39, 0.29) is 5.91 Å². The van der Waals surface area contributed by atoms with Gasteiger partial charge in [-0.1, -0.05) is 0 Å². The van der Waals surface area contributed by atoms with Crippen LogP contribution in [0.5, 0.6) is 17.2 Å². The molecule has 2 rings (SSSR count). The van der Waals surface area contributed by atoms with Gasteiger partial charge in [0, 0.05) is 39.3 Å². The van der Waals surface area contributed by atoms with Gasteiger partial charge in [-0.25, -0.2) is 9.97 Å². The van der Waals surface area contributed by atoms with Crippen molar-refractivity contribution in [2.24, 2.45) is 0 Å². The summed E-state index contributed by atoms with van der Waals surface area (Å²) in [6.45, 7) is 2.82. The Balaban J connectivity index is 1.90. The number of amides is 1. The third-order valence-corrected chi connectivity index (χ3v) is 4.13. The molecule has 0 unspecified atom stereocenters. The number of hydrogen-bond acceptors (Lipinski definition) is 8. The normalized spacial score (nSPS) is 10.6. The number of anilines is 2. The molecular weight excluding hydrogens is 386 g/mol. The lowest BCUT2D eigenvalue weighted by Crippen LogP contribution is -2.27. The van der Waals surface area contributed by atoms with Gasteiger partial charge in [-0.3, -0.25) is 4.79 Å². The van der Waals surface area contributed by atoms with E-state index < -0.39 is 0 Å². The summed E-state index contributed by atoms with van der Waals surface area (Å²) in [6, 6.07) is 5.40. The topological polar surface area (TPSA) is 97.8 Å². The van der Waals surface area contributed by atoms with E-state index in [1.54, 1.807) is 39.5 Å². The number of aromatic nitrogens is 2. The van der Waals surface area contributed by atoms with Crippen LogP contribution in [0.4, 0.5) is 11.6 Å². The molecule has 0 fully saturated rings. The summed E-state index contributed by atoms with van der Waals surface area (Å²) in [4.78, 5) is 22.7. The van der Waals surface area contributed by atoms with E-state index in [9.17, 15) is 4.79 Å². The standard InChI is InChI=1S/C21H29N5O4/c1-14-24-18(13-19(25-14)26(2)3)22-9-10-23-20(27)8-7-15-11-16(28-4)21(30-6)17(12-15)29-5/h7-8,11-13H,9-10H2,1-6H3,(H,23,27)(H,22,24,25)/b8-7+. The fraction of sp³-hybridized carbons (Fsp3) is 0.381. The fourth-order valence-electron chi connectivity index (χ4n) is 2.68. The Bertz CT molecular complexity index is 874. The molecule has 0 saturated heterocycles. The van der Waals surface area contributed by atoms with Crippen molar-refractivity contribution in [2.75, 3.05) is 58.7 Å². The summed E-state index contributed by atoms with van der Waals surface area (Å²) in [7, 11) is 8.48. The molecule has 0 aliphatic rings. The first-order valence-electron chi connectivity index (χ1n) is 9.40. The number of nitrogens with one attached hydrogen (secondary N) is 2. The van der Waals surface area contributed by atoms with Gasteiger partial charge in [0.1, 0.15) is 17.5 Å². The molecule has 9 heteroatoms. The van der Waals surface area contributed by atoms with Crippen LogP contribution >= 0.6 is 0 Å². The highest BCUT2D eigenvalue weighted by atomic mass is 16.5. The van der Waals surface area contributed by atoms with Crippen LogP contribution in [0.25, 0.3) is 6.08 Å². The molecule has 0 bridgehead atoms. The molecule has 0 atom stereocenters. The van der Waals surface area contributed by atoms with Crippen LogP contribution in [0.3, 0.4) is 0 Å². The van der Waals surface area contributed by atoms with Crippen LogP contribution in [0.2, 0.25) is 0 Å². The first kappa shape index (κ1) is 22.8. The van der Waals surface area contributed by atoms with Crippen LogP contribution in [-0.4, -0.2) is 64.4 Å². The van der Waals surface area contributed by atoms with Gasteiger partial charge in [0.25, 0.3) is 0 Å². The number of carbonyl (C=O) groups excluding carboxylic acids is 1. The predicted octanol–water partition coefficient (Wildman–Crippen LogP) is 2.12. The minimum absolute atomic E-state index is 0.210. The molecule has 0 radical (unpaired) electrons. The highest BCUT2D eigenvalue weighted by Gasteiger charge is 2.12. The van der Waals surface area contributed by atoms with Crippen LogP contribution < -0.4 is 29.7 Å². The van der Waals surface area contributed by atoms with E-state index in [2.05, 4.69) is 20.6 Å². The first-order chi connectivity index (χ1) is 14.4. The Morgan fingerprint density at radius 3 is 2.27 bits per heavy atom. The number of rotatable bonds is 10. The van der Waals surface area contributed by atoms with Crippen molar-refractivity contribution in [2.45, 2.75) is 6.92 Å². The summed E-state index contributed by atoms with van der Waals surface area (Å²) in [6.07, 6.45) is 3.14.